The van der Waals surface area contributed by atoms with Crippen molar-refractivity contribution < 1.29 is 14.2 Å². The molecule has 1 fully saturated rings. The van der Waals surface area contributed by atoms with Crippen LogP contribution in [0.4, 0.5) is 0 Å². The van der Waals surface area contributed by atoms with Crippen molar-refractivity contribution in [3.8, 4) is 17.2 Å². The number of aliphatic imine (C=N–C) groups is 1. The number of morpholine rings is 1. The van der Waals surface area contributed by atoms with E-state index in [9.17, 15) is 0 Å². The Kier molecular flexibility index (Phi) is 7.99. The van der Waals surface area contributed by atoms with E-state index in [2.05, 4.69) is 4.99 Å². The van der Waals surface area contributed by atoms with E-state index in [4.69, 9.17) is 19.9 Å². The Bertz CT molecular complexity index is 716. The van der Waals surface area contributed by atoms with Crippen LogP contribution in [0.3, 0.4) is 0 Å². The summed E-state index contributed by atoms with van der Waals surface area (Å²) >= 11 is 0. The van der Waals surface area contributed by atoms with Crippen molar-refractivity contribution in [1.29, 1.82) is 0 Å². The smallest absolute Gasteiger partial charge is 0.191 e. The predicted molar refractivity (Wildman–Crippen MR) is 113 cm³/mol. The lowest BCUT2D eigenvalue weighted by molar-refractivity contribution is 0.0674. The molecule has 0 spiro atoms. The molecule has 0 atom stereocenters. The fourth-order valence-corrected chi connectivity index (χ4v) is 2.56. The zero-order valence-corrected chi connectivity index (χ0v) is 17.1. The normalized spacial score (nSPS) is 14.5. The Morgan fingerprint density at radius 1 is 1.08 bits per heavy atom. The molecule has 0 aromatic heterocycles. The number of hydrogen-bond donors (Lipinski definition) is 1. The Balaban J connectivity index is 0.00000243. The first-order valence-corrected chi connectivity index (χ1v) is 8.28. The van der Waals surface area contributed by atoms with Crippen LogP contribution in [0.2, 0.25) is 0 Å². The first kappa shape index (κ1) is 20.3. The monoisotopic (exact) mass is 469 g/mol. The molecule has 0 bridgehead atoms. The predicted octanol–water partition coefficient (Wildman–Crippen LogP) is 3.25. The van der Waals surface area contributed by atoms with Gasteiger partial charge in [0.25, 0.3) is 0 Å². The standard InChI is InChI=1S/C19H23N3O3.HI/c1-23-17-4-2-3-5-18(17)25-16-8-6-15(7-9-16)14-21-19(20)22-10-12-24-13-11-22;/h2-9H,10-14H2,1H3,(H2,20,21);1H. The molecule has 7 heteroatoms. The number of halogens is 1. The third-order valence-electron chi connectivity index (χ3n) is 3.98. The fraction of sp³-hybridized carbons (Fsp3) is 0.316. The van der Waals surface area contributed by atoms with Crippen molar-refractivity contribution in [2.45, 2.75) is 6.54 Å². The maximum Gasteiger partial charge on any atom is 0.191 e. The summed E-state index contributed by atoms with van der Waals surface area (Å²) in [5, 5.41) is 0. The maximum atomic E-state index is 6.04. The number of para-hydroxylation sites is 2. The SMILES string of the molecule is COc1ccccc1Oc1ccc(CN=C(N)N2CCOCC2)cc1.I. The number of methoxy groups -OCH3 is 1. The minimum atomic E-state index is 0. The first-order chi connectivity index (χ1) is 12.3. The van der Waals surface area contributed by atoms with Gasteiger partial charge in [0, 0.05) is 13.1 Å². The molecule has 1 aliphatic rings. The van der Waals surface area contributed by atoms with E-state index in [-0.39, 0.29) is 24.0 Å². The van der Waals surface area contributed by atoms with E-state index >= 15 is 0 Å². The van der Waals surface area contributed by atoms with Gasteiger partial charge in [-0.15, -0.1) is 24.0 Å². The first-order valence-electron chi connectivity index (χ1n) is 8.28. The number of nitrogens with zero attached hydrogens (tertiary/aromatic N) is 2. The van der Waals surface area contributed by atoms with Gasteiger partial charge in [-0.2, -0.15) is 0 Å². The van der Waals surface area contributed by atoms with Crippen LogP contribution in [0.25, 0.3) is 0 Å². The molecule has 0 aliphatic carbocycles. The average molecular weight is 469 g/mol. The van der Waals surface area contributed by atoms with Gasteiger partial charge in [-0.3, -0.25) is 0 Å². The molecule has 2 N–H and O–H groups in total. The Morgan fingerprint density at radius 3 is 2.38 bits per heavy atom. The molecule has 1 aliphatic heterocycles. The Labute approximate surface area is 171 Å². The van der Waals surface area contributed by atoms with Crippen LogP contribution in [0, 0.1) is 0 Å². The van der Waals surface area contributed by atoms with Crippen LogP contribution in [-0.2, 0) is 11.3 Å². The van der Waals surface area contributed by atoms with E-state index in [1.165, 1.54) is 0 Å². The molecule has 1 saturated heterocycles. The molecule has 0 amide bonds. The van der Waals surface area contributed by atoms with Gasteiger partial charge in [-0.05, 0) is 29.8 Å². The highest BCUT2D eigenvalue weighted by Gasteiger charge is 2.11. The van der Waals surface area contributed by atoms with Gasteiger partial charge in [0.2, 0.25) is 0 Å². The minimum absolute atomic E-state index is 0. The highest BCUT2D eigenvalue weighted by atomic mass is 127. The second-order valence-corrected chi connectivity index (χ2v) is 5.67. The van der Waals surface area contributed by atoms with Crippen molar-refractivity contribution in [3.05, 3.63) is 54.1 Å². The molecule has 1 heterocycles. The van der Waals surface area contributed by atoms with Crippen molar-refractivity contribution in [3.63, 3.8) is 0 Å². The second-order valence-electron chi connectivity index (χ2n) is 5.67. The quantitative estimate of drug-likeness (QED) is 0.414. The van der Waals surface area contributed by atoms with Crippen LogP contribution in [0.5, 0.6) is 17.2 Å². The minimum Gasteiger partial charge on any atom is -0.493 e. The van der Waals surface area contributed by atoms with Gasteiger partial charge in [-0.25, -0.2) is 4.99 Å². The molecule has 3 rings (SSSR count). The molecule has 2 aromatic carbocycles. The number of ether oxygens (including phenoxy) is 3. The maximum absolute atomic E-state index is 6.04. The third kappa shape index (κ3) is 5.50. The Hall–Kier alpha value is -2.00. The number of rotatable bonds is 5. The summed E-state index contributed by atoms with van der Waals surface area (Å²) in [6, 6.07) is 15.4. The Morgan fingerprint density at radius 2 is 1.73 bits per heavy atom. The molecule has 6 nitrogen and oxygen atoms in total. The summed E-state index contributed by atoms with van der Waals surface area (Å²) in [5.74, 6) is 2.71. The number of guanidine groups is 1. The summed E-state index contributed by atoms with van der Waals surface area (Å²) in [5.41, 5.74) is 7.11. The van der Waals surface area contributed by atoms with E-state index < -0.39 is 0 Å². The summed E-state index contributed by atoms with van der Waals surface area (Å²) in [6.45, 7) is 3.52. The lowest BCUT2D eigenvalue weighted by atomic mass is 10.2. The second kappa shape index (κ2) is 10.2. The topological polar surface area (TPSA) is 69.3 Å². The van der Waals surface area contributed by atoms with E-state index in [0.29, 0.717) is 37.2 Å². The van der Waals surface area contributed by atoms with Crippen LogP contribution in [0.1, 0.15) is 5.56 Å². The molecule has 0 saturated carbocycles. The van der Waals surface area contributed by atoms with E-state index in [1.807, 2.05) is 53.4 Å². The average Bonchev–Trinajstić information content (AvgIpc) is 2.68. The zero-order valence-electron chi connectivity index (χ0n) is 14.8. The van der Waals surface area contributed by atoms with Crippen LogP contribution in [-0.4, -0.2) is 44.3 Å². The summed E-state index contributed by atoms with van der Waals surface area (Å²) in [6.07, 6.45) is 0. The molecule has 2 aromatic rings. The molecule has 0 unspecified atom stereocenters. The van der Waals surface area contributed by atoms with Crippen molar-refractivity contribution >= 4 is 29.9 Å². The summed E-state index contributed by atoms with van der Waals surface area (Å²) < 4.78 is 16.5. The van der Waals surface area contributed by atoms with Gasteiger partial charge in [0.1, 0.15) is 5.75 Å². The van der Waals surface area contributed by atoms with E-state index in [0.717, 1.165) is 24.4 Å². The lowest BCUT2D eigenvalue weighted by Gasteiger charge is -2.27. The van der Waals surface area contributed by atoms with Gasteiger partial charge in [0.05, 0.1) is 26.9 Å². The fourth-order valence-electron chi connectivity index (χ4n) is 2.56. The molecule has 0 radical (unpaired) electrons. The third-order valence-corrected chi connectivity index (χ3v) is 3.98. The van der Waals surface area contributed by atoms with Gasteiger partial charge in [0.15, 0.2) is 17.5 Å². The largest absolute Gasteiger partial charge is 0.493 e. The van der Waals surface area contributed by atoms with Gasteiger partial charge in [-0.1, -0.05) is 24.3 Å². The highest BCUT2D eigenvalue weighted by Crippen LogP contribution is 2.30. The summed E-state index contributed by atoms with van der Waals surface area (Å²) in [4.78, 5) is 6.51. The zero-order chi connectivity index (χ0) is 17.5. The van der Waals surface area contributed by atoms with Crippen molar-refractivity contribution in [2.75, 3.05) is 33.4 Å². The summed E-state index contributed by atoms with van der Waals surface area (Å²) in [7, 11) is 1.63. The lowest BCUT2D eigenvalue weighted by Crippen LogP contribution is -2.44. The highest BCUT2D eigenvalue weighted by molar-refractivity contribution is 14.0. The molecular weight excluding hydrogens is 445 g/mol. The number of hydrogen-bond acceptors (Lipinski definition) is 4. The molecule has 26 heavy (non-hydrogen) atoms. The molecular formula is C19H24IN3O3. The van der Waals surface area contributed by atoms with E-state index in [1.54, 1.807) is 7.11 Å². The van der Waals surface area contributed by atoms with Crippen LogP contribution in [0.15, 0.2) is 53.5 Å². The van der Waals surface area contributed by atoms with Gasteiger partial charge >= 0.3 is 0 Å². The van der Waals surface area contributed by atoms with Crippen LogP contribution >= 0.6 is 24.0 Å². The van der Waals surface area contributed by atoms with Gasteiger partial charge < -0.3 is 24.8 Å². The van der Waals surface area contributed by atoms with Crippen molar-refractivity contribution in [2.24, 2.45) is 10.7 Å². The van der Waals surface area contributed by atoms with Crippen LogP contribution < -0.4 is 15.2 Å². The molecule has 140 valence electrons. The number of nitrogens with two attached hydrogens (primary N) is 1. The van der Waals surface area contributed by atoms with Crippen molar-refractivity contribution in [1.82, 2.24) is 4.90 Å². The number of benzene rings is 2.